The quantitative estimate of drug-likeness (QED) is 0.402. The Bertz CT molecular complexity index is 26.7. The lowest BCUT2D eigenvalue weighted by Gasteiger charge is -1.99. The maximum absolute atomic E-state index is 3.10. The summed E-state index contributed by atoms with van der Waals surface area (Å²) in [4.78, 5) is 0. The molecular formula is C4H10IN. The first-order chi connectivity index (χ1) is 2.81. The van der Waals surface area contributed by atoms with E-state index in [2.05, 4.69) is 34.8 Å². The number of alkyl halides is 1. The highest BCUT2D eigenvalue weighted by atomic mass is 127. The van der Waals surface area contributed by atoms with Gasteiger partial charge in [0.15, 0.2) is 0 Å². The molecule has 1 N–H and O–H groups in total. The third-order valence-corrected chi connectivity index (χ3v) is 2.18. The van der Waals surface area contributed by atoms with E-state index in [1.165, 1.54) is 6.42 Å². The van der Waals surface area contributed by atoms with Crippen molar-refractivity contribution in [2.24, 2.45) is 0 Å². The van der Waals surface area contributed by atoms with Gasteiger partial charge in [0.2, 0.25) is 0 Å². The van der Waals surface area contributed by atoms with Crippen molar-refractivity contribution in [3.8, 4) is 0 Å². The Hall–Kier alpha value is 0.690. The van der Waals surface area contributed by atoms with Gasteiger partial charge in [-0.3, -0.25) is 0 Å². The van der Waals surface area contributed by atoms with Crippen LogP contribution in [0.5, 0.6) is 0 Å². The number of halogens is 1. The molecule has 0 saturated carbocycles. The van der Waals surface area contributed by atoms with Gasteiger partial charge in [0.25, 0.3) is 0 Å². The van der Waals surface area contributed by atoms with Crippen LogP contribution >= 0.6 is 22.6 Å². The normalized spacial score (nSPS) is 14.5. The van der Waals surface area contributed by atoms with Crippen molar-refractivity contribution < 1.29 is 0 Å². The molecule has 1 atom stereocenters. The summed E-state index contributed by atoms with van der Waals surface area (Å²) in [7, 11) is 1.97. The van der Waals surface area contributed by atoms with E-state index >= 15 is 0 Å². The molecule has 0 aromatic carbocycles. The van der Waals surface area contributed by atoms with Gasteiger partial charge in [-0.2, -0.15) is 0 Å². The van der Waals surface area contributed by atoms with Crippen LogP contribution in [0.2, 0.25) is 0 Å². The number of hydrogen-bond donors (Lipinski definition) is 1. The van der Waals surface area contributed by atoms with Crippen molar-refractivity contribution in [3.05, 3.63) is 0 Å². The molecule has 0 fully saturated rings. The third kappa shape index (κ3) is 2.90. The van der Waals surface area contributed by atoms with Gasteiger partial charge in [-0.25, -0.2) is 0 Å². The lowest BCUT2D eigenvalue weighted by molar-refractivity contribution is 0.744. The minimum atomic E-state index is 0.655. The van der Waals surface area contributed by atoms with E-state index in [0.29, 0.717) is 4.05 Å². The van der Waals surface area contributed by atoms with Crippen molar-refractivity contribution in [1.29, 1.82) is 0 Å². The monoisotopic (exact) mass is 199 g/mol. The highest BCUT2D eigenvalue weighted by molar-refractivity contribution is 14.1. The molecule has 2 heteroatoms. The van der Waals surface area contributed by atoms with E-state index < -0.39 is 0 Å². The van der Waals surface area contributed by atoms with Crippen LogP contribution in [0, 0.1) is 0 Å². The SMILES string of the molecule is CC[C@@H](I)NC. The minimum absolute atomic E-state index is 0.655. The Labute approximate surface area is 52.6 Å². The second-order valence-corrected chi connectivity index (χ2v) is 2.67. The van der Waals surface area contributed by atoms with E-state index in [9.17, 15) is 0 Å². The summed E-state index contributed by atoms with van der Waals surface area (Å²) >= 11 is 2.36. The van der Waals surface area contributed by atoms with Crippen LogP contribution in [0.25, 0.3) is 0 Å². The molecule has 0 aliphatic carbocycles. The standard InChI is InChI=1S/C4H10IN/c1-3-4(5)6-2/h4,6H,3H2,1-2H3/t4-/m0/s1. The topological polar surface area (TPSA) is 12.0 Å². The summed E-state index contributed by atoms with van der Waals surface area (Å²) in [5.41, 5.74) is 0. The summed E-state index contributed by atoms with van der Waals surface area (Å²) in [6, 6.07) is 0. The van der Waals surface area contributed by atoms with E-state index in [0.717, 1.165) is 0 Å². The molecule has 0 aliphatic heterocycles. The molecule has 0 aromatic rings. The average molecular weight is 199 g/mol. The van der Waals surface area contributed by atoms with Gasteiger partial charge >= 0.3 is 0 Å². The largest absolute Gasteiger partial charge is 0.309 e. The van der Waals surface area contributed by atoms with Crippen LogP contribution in [0.4, 0.5) is 0 Å². The Morgan fingerprint density at radius 3 is 2.33 bits per heavy atom. The summed E-state index contributed by atoms with van der Waals surface area (Å²) in [6.07, 6.45) is 1.21. The first-order valence-corrected chi connectivity index (χ1v) is 3.37. The van der Waals surface area contributed by atoms with Crippen LogP contribution in [0.15, 0.2) is 0 Å². The van der Waals surface area contributed by atoms with Crippen LogP contribution in [0.1, 0.15) is 13.3 Å². The Morgan fingerprint density at radius 2 is 2.33 bits per heavy atom. The molecule has 0 heterocycles. The lowest BCUT2D eigenvalue weighted by Crippen LogP contribution is -2.15. The molecular weight excluding hydrogens is 189 g/mol. The number of hydrogen-bond acceptors (Lipinski definition) is 1. The fourth-order valence-corrected chi connectivity index (χ4v) is 0.204. The predicted molar refractivity (Wildman–Crippen MR) is 37.2 cm³/mol. The zero-order valence-corrected chi connectivity index (χ0v) is 6.32. The molecule has 0 aliphatic rings. The third-order valence-electron chi connectivity index (χ3n) is 0.672. The second-order valence-electron chi connectivity index (χ2n) is 1.16. The van der Waals surface area contributed by atoms with E-state index in [1.807, 2.05) is 7.05 Å². The zero-order chi connectivity index (χ0) is 4.99. The molecule has 0 unspecified atom stereocenters. The molecule has 6 heavy (non-hydrogen) atoms. The minimum Gasteiger partial charge on any atom is -0.309 e. The smallest absolute Gasteiger partial charge is 0.0588 e. The van der Waals surface area contributed by atoms with Crippen LogP contribution in [0.3, 0.4) is 0 Å². The van der Waals surface area contributed by atoms with Crippen molar-refractivity contribution in [2.75, 3.05) is 7.05 Å². The summed E-state index contributed by atoms with van der Waals surface area (Å²) in [5, 5.41) is 3.10. The van der Waals surface area contributed by atoms with Crippen LogP contribution < -0.4 is 5.32 Å². The second kappa shape index (κ2) is 3.87. The fraction of sp³-hybridized carbons (Fsp3) is 1.00. The Balaban J connectivity index is 2.75. The van der Waals surface area contributed by atoms with Gasteiger partial charge < -0.3 is 5.32 Å². The summed E-state index contributed by atoms with van der Waals surface area (Å²) in [6.45, 7) is 2.16. The highest BCUT2D eigenvalue weighted by Crippen LogP contribution is 1.97. The van der Waals surface area contributed by atoms with Crippen molar-refractivity contribution >= 4 is 22.6 Å². The van der Waals surface area contributed by atoms with Crippen molar-refractivity contribution in [2.45, 2.75) is 17.4 Å². The van der Waals surface area contributed by atoms with Gasteiger partial charge in [-0.05, 0) is 13.5 Å². The van der Waals surface area contributed by atoms with Gasteiger partial charge in [0.1, 0.15) is 0 Å². The fourth-order valence-electron chi connectivity index (χ4n) is 0.204. The summed E-state index contributed by atoms with van der Waals surface area (Å²) < 4.78 is 0.655. The molecule has 38 valence electrons. The maximum Gasteiger partial charge on any atom is 0.0588 e. The molecule has 0 spiro atoms. The molecule has 1 nitrogen and oxygen atoms in total. The highest BCUT2D eigenvalue weighted by Gasteiger charge is 1.89. The maximum atomic E-state index is 3.10. The van der Waals surface area contributed by atoms with Gasteiger partial charge in [-0.15, -0.1) is 0 Å². The van der Waals surface area contributed by atoms with Gasteiger partial charge in [-0.1, -0.05) is 29.5 Å². The van der Waals surface area contributed by atoms with Crippen molar-refractivity contribution in [3.63, 3.8) is 0 Å². The first kappa shape index (κ1) is 6.69. The van der Waals surface area contributed by atoms with Crippen molar-refractivity contribution in [1.82, 2.24) is 5.32 Å². The van der Waals surface area contributed by atoms with E-state index in [1.54, 1.807) is 0 Å². The first-order valence-electron chi connectivity index (χ1n) is 2.12. The Kier molecular flexibility index (Phi) is 4.31. The molecule has 0 saturated heterocycles. The van der Waals surface area contributed by atoms with E-state index in [4.69, 9.17) is 0 Å². The molecule has 0 aromatic heterocycles. The molecule has 0 amide bonds. The van der Waals surface area contributed by atoms with Crippen LogP contribution in [-0.2, 0) is 0 Å². The van der Waals surface area contributed by atoms with Gasteiger partial charge in [0.05, 0.1) is 4.05 Å². The Morgan fingerprint density at radius 1 is 1.83 bits per heavy atom. The van der Waals surface area contributed by atoms with Crippen LogP contribution in [-0.4, -0.2) is 11.1 Å². The molecule has 0 radical (unpaired) electrons. The zero-order valence-electron chi connectivity index (χ0n) is 4.16. The average Bonchev–Trinajstić information content (AvgIpc) is 1.65. The molecule has 0 bridgehead atoms. The lowest BCUT2D eigenvalue weighted by atomic mass is 10.5. The molecule has 0 rings (SSSR count). The number of rotatable bonds is 2. The number of nitrogens with one attached hydrogen (secondary N) is 1. The van der Waals surface area contributed by atoms with E-state index in [-0.39, 0.29) is 0 Å². The van der Waals surface area contributed by atoms with Gasteiger partial charge in [0, 0.05) is 0 Å². The summed E-state index contributed by atoms with van der Waals surface area (Å²) in [5.74, 6) is 0. The predicted octanol–water partition coefficient (Wildman–Crippen LogP) is 1.38.